The maximum atomic E-state index is 13.0. The first kappa shape index (κ1) is 22.8. The van der Waals surface area contributed by atoms with Gasteiger partial charge in [-0.2, -0.15) is 0 Å². The lowest BCUT2D eigenvalue weighted by molar-refractivity contribution is -0.113. The minimum absolute atomic E-state index is 0.140. The van der Waals surface area contributed by atoms with Gasteiger partial charge < -0.3 is 15.5 Å². The van der Waals surface area contributed by atoms with E-state index in [-0.39, 0.29) is 11.6 Å². The zero-order chi connectivity index (χ0) is 22.4. The van der Waals surface area contributed by atoms with E-state index in [9.17, 15) is 9.59 Å². The van der Waals surface area contributed by atoms with Crippen molar-refractivity contribution in [2.24, 2.45) is 0 Å². The third-order valence-corrected chi connectivity index (χ3v) is 5.65. The number of hydrogen-bond acceptors (Lipinski definition) is 3. The monoisotopic (exact) mass is 541 g/mol. The Morgan fingerprint density at radius 3 is 2.13 bits per heavy atom. The SMILES string of the molecule is CN(C)c1ccc(/C=C(/NC(=O)c2ccccc2Br)C(=O)Nc2ccc(Br)cc2)cc1. The highest BCUT2D eigenvalue weighted by Gasteiger charge is 2.16. The van der Waals surface area contributed by atoms with Gasteiger partial charge in [0.05, 0.1) is 5.56 Å². The van der Waals surface area contributed by atoms with Gasteiger partial charge in [-0.3, -0.25) is 9.59 Å². The molecule has 3 aromatic carbocycles. The molecule has 0 atom stereocenters. The Kier molecular flexibility index (Phi) is 7.65. The average Bonchev–Trinajstić information content (AvgIpc) is 2.75. The standard InChI is InChI=1S/C24H21Br2N3O2/c1-29(2)19-13-7-16(8-14-19)15-22(24(31)27-18-11-9-17(25)10-12-18)28-23(30)20-5-3-4-6-21(20)26/h3-15H,1-2H3,(H,27,31)(H,28,30)/b22-15+. The summed E-state index contributed by atoms with van der Waals surface area (Å²) in [6.07, 6.45) is 1.66. The highest BCUT2D eigenvalue weighted by Crippen LogP contribution is 2.19. The Hall–Kier alpha value is -2.90. The lowest BCUT2D eigenvalue weighted by atomic mass is 10.1. The van der Waals surface area contributed by atoms with Gasteiger partial charge in [0.1, 0.15) is 5.70 Å². The quantitative estimate of drug-likeness (QED) is 0.393. The summed E-state index contributed by atoms with van der Waals surface area (Å²) in [5.41, 5.74) is 3.03. The van der Waals surface area contributed by atoms with E-state index in [2.05, 4.69) is 42.5 Å². The van der Waals surface area contributed by atoms with Crippen molar-refractivity contribution in [1.82, 2.24) is 5.32 Å². The molecule has 3 rings (SSSR count). The molecule has 3 aromatic rings. The van der Waals surface area contributed by atoms with Gasteiger partial charge in [-0.25, -0.2) is 0 Å². The number of nitrogens with one attached hydrogen (secondary N) is 2. The van der Waals surface area contributed by atoms with E-state index < -0.39 is 5.91 Å². The van der Waals surface area contributed by atoms with E-state index in [0.29, 0.717) is 15.7 Å². The summed E-state index contributed by atoms with van der Waals surface area (Å²) in [5, 5.41) is 5.58. The van der Waals surface area contributed by atoms with E-state index >= 15 is 0 Å². The molecule has 2 N–H and O–H groups in total. The van der Waals surface area contributed by atoms with Crippen molar-refractivity contribution < 1.29 is 9.59 Å². The summed E-state index contributed by atoms with van der Waals surface area (Å²) < 4.78 is 1.56. The molecule has 158 valence electrons. The van der Waals surface area contributed by atoms with Crippen molar-refractivity contribution in [2.45, 2.75) is 0 Å². The molecule has 7 heteroatoms. The minimum atomic E-state index is -0.417. The molecule has 0 unspecified atom stereocenters. The van der Waals surface area contributed by atoms with E-state index in [1.807, 2.05) is 61.5 Å². The Labute approximate surface area is 198 Å². The van der Waals surface area contributed by atoms with Crippen molar-refractivity contribution in [3.8, 4) is 0 Å². The Morgan fingerprint density at radius 2 is 1.52 bits per heavy atom. The number of rotatable bonds is 6. The highest BCUT2D eigenvalue weighted by atomic mass is 79.9. The Bertz CT molecular complexity index is 1110. The van der Waals surface area contributed by atoms with Crippen LogP contribution in [-0.4, -0.2) is 25.9 Å². The third-order valence-electron chi connectivity index (χ3n) is 4.43. The Morgan fingerprint density at radius 1 is 0.871 bits per heavy atom. The predicted octanol–water partition coefficient (Wildman–Crippen LogP) is 5.69. The highest BCUT2D eigenvalue weighted by molar-refractivity contribution is 9.10. The number of hydrogen-bond donors (Lipinski definition) is 2. The molecule has 0 radical (unpaired) electrons. The average molecular weight is 543 g/mol. The second-order valence-electron chi connectivity index (χ2n) is 6.94. The molecule has 0 spiro atoms. The van der Waals surface area contributed by atoms with Crippen molar-refractivity contribution in [3.05, 3.63) is 98.6 Å². The largest absolute Gasteiger partial charge is 0.378 e. The van der Waals surface area contributed by atoms with Crippen LogP contribution in [0.5, 0.6) is 0 Å². The molecular weight excluding hydrogens is 522 g/mol. The summed E-state index contributed by atoms with van der Waals surface area (Å²) in [4.78, 5) is 27.8. The molecule has 0 aliphatic rings. The van der Waals surface area contributed by atoms with Gasteiger partial charge in [0.2, 0.25) is 0 Å². The molecule has 5 nitrogen and oxygen atoms in total. The second kappa shape index (κ2) is 10.4. The van der Waals surface area contributed by atoms with Crippen molar-refractivity contribution in [2.75, 3.05) is 24.3 Å². The van der Waals surface area contributed by atoms with Gasteiger partial charge in [-0.1, -0.05) is 40.2 Å². The molecule has 0 aliphatic heterocycles. The first-order chi connectivity index (χ1) is 14.8. The number of carbonyl (C=O) groups is 2. The fraction of sp³-hybridized carbons (Fsp3) is 0.0833. The van der Waals surface area contributed by atoms with Gasteiger partial charge in [0.15, 0.2) is 0 Å². The number of anilines is 2. The second-order valence-corrected chi connectivity index (χ2v) is 8.71. The number of halogens is 2. The smallest absolute Gasteiger partial charge is 0.272 e. The zero-order valence-corrected chi connectivity index (χ0v) is 20.2. The van der Waals surface area contributed by atoms with Gasteiger partial charge in [-0.15, -0.1) is 0 Å². The molecule has 0 bridgehead atoms. The van der Waals surface area contributed by atoms with Crippen LogP contribution in [0.3, 0.4) is 0 Å². The van der Waals surface area contributed by atoms with E-state index in [0.717, 1.165) is 15.7 Å². The minimum Gasteiger partial charge on any atom is -0.378 e. The molecule has 0 aliphatic carbocycles. The van der Waals surface area contributed by atoms with Gasteiger partial charge in [0, 0.05) is 34.4 Å². The summed E-state index contributed by atoms with van der Waals surface area (Å²) >= 11 is 6.76. The normalized spacial score (nSPS) is 11.0. The molecule has 0 saturated carbocycles. The molecule has 0 saturated heterocycles. The van der Waals surface area contributed by atoms with Crippen molar-refractivity contribution >= 4 is 61.1 Å². The first-order valence-electron chi connectivity index (χ1n) is 9.45. The number of carbonyl (C=O) groups excluding carboxylic acids is 2. The lowest BCUT2D eigenvalue weighted by Gasteiger charge is -2.14. The summed E-state index contributed by atoms with van der Waals surface area (Å²) in [5.74, 6) is -0.797. The van der Waals surface area contributed by atoms with Crippen LogP contribution in [0.1, 0.15) is 15.9 Å². The number of nitrogens with zero attached hydrogens (tertiary/aromatic N) is 1. The van der Waals surface area contributed by atoms with Gasteiger partial charge in [0.25, 0.3) is 11.8 Å². The number of benzene rings is 3. The van der Waals surface area contributed by atoms with Crippen LogP contribution >= 0.6 is 31.9 Å². The van der Waals surface area contributed by atoms with Crippen LogP contribution in [0.4, 0.5) is 11.4 Å². The van der Waals surface area contributed by atoms with E-state index in [4.69, 9.17) is 0 Å². The lowest BCUT2D eigenvalue weighted by Crippen LogP contribution is -2.31. The van der Waals surface area contributed by atoms with E-state index in [1.54, 1.807) is 36.4 Å². The number of amides is 2. The zero-order valence-electron chi connectivity index (χ0n) is 17.0. The van der Waals surface area contributed by atoms with Crippen LogP contribution in [0.15, 0.2) is 87.4 Å². The van der Waals surface area contributed by atoms with Gasteiger partial charge in [-0.05, 0) is 76.1 Å². The third kappa shape index (κ3) is 6.29. The van der Waals surface area contributed by atoms with Crippen molar-refractivity contribution in [1.29, 1.82) is 0 Å². The van der Waals surface area contributed by atoms with Gasteiger partial charge >= 0.3 is 0 Å². The maximum Gasteiger partial charge on any atom is 0.272 e. The fourth-order valence-electron chi connectivity index (χ4n) is 2.76. The van der Waals surface area contributed by atoms with E-state index in [1.165, 1.54) is 0 Å². The fourth-order valence-corrected chi connectivity index (χ4v) is 3.49. The molecule has 0 aromatic heterocycles. The van der Waals surface area contributed by atoms with Crippen molar-refractivity contribution in [3.63, 3.8) is 0 Å². The molecule has 2 amide bonds. The van der Waals surface area contributed by atoms with Crippen LogP contribution in [0.2, 0.25) is 0 Å². The summed E-state index contributed by atoms with van der Waals surface area (Å²) in [6.45, 7) is 0. The predicted molar refractivity (Wildman–Crippen MR) is 133 cm³/mol. The molecule has 0 heterocycles. The summed E-state index contributed by atoms with van der Waals surface area (Å²) in [7, 11) is 3.92. The Balaban J connectivity index is 1.90. The molecule has 0 fully saturated rings. The summed E-state index contributed by atoms with van der Waals surface area (Å²) in [6, 6.07) is 22.0. The van der Waals surface area contributed by atoms with Crippen LogP contribution < -0.4 is 15.5 Å². The molecular formula is C24H21Br2N3O2. The van der Waals surface area contributed by atoms with Crippen LogP contribution in [0, 0.1) is 0 Å². The maximum absolute atomic E-state index is 13.0. The van der Waals surface area contributed by atoms with Crippen LogP contribution in [-0.2, 0) is 4.79 Å². The first-order valence-corrected chi connectivity index (χ1v) is 11.0. The topological polar surface area (TPSA) is 61.4 Å². The van der Waals surface area contributed by atoms with Crippen LogP contribution in [0.25, 0.3) is 6.08 Å². The molecule has 31 heavy (non-hydrogen) atoms.